The summed E-state index contributed by atoms with van der Waals surface area (Å²) in [5.41, 5.74) is -1.25. The minimum absolute atomic E-state index is 1.25. The average molecular weight is 150 g/mol. The smallest absolute Gasteiger partial charge is 0.279 e. The van der Waals surface area contributed by atoms with Crippen molar-refractivity contribution in [1.29, 1.82) is 0 Å². The second-order valence-electron chi connectivity index (χ2n) is 1.46. The maximum atomic E-state index is 11.9. The van der Waals surface area contributed by atoms with E-state index in [1.165, 1.54) is 4.98 Å². The molecular weight excluding hydrogens is 149 g/mol. The molecule has 1 aromatic rings. The molecule has 0 unspecified atom stereocenters. The van der Waals surface area contributed by atoms with Crippen LogP contribution in [-0.2, 0) is 0 Å². The molecule has 0 atom stereocenters. The van der Waals surface area contributed by atoms with Gasteiger partial charge in [-0.05, 0) is 0 Å². The predicted octanol–water partition coefficient (Wildman–Crippen LogP) is 0.187. The van der Waals surface area contributed by atoms with Crippen molar-refractivity contribution in [3.63, 3.8) is 0 Å². The Morgan fingerprint density at radius 1 is 1.30 bits per heavy atom. The summed E-state index contributed by atoms with van der Waals surface area (Å²) in [6.07, 6.45) is 0. The van der Waals surface area contributed by atoms with Gasteiger partial charge >= 0.3 is 5.69 Å². The molecule has 0 aliphatic rings. The molecule has 0 aliphatic heterocycles. The molecule has 0 fully saturated rings. The van der Waals surface area contributed by atoms with Crippen LogP contribution < -0.4 is 5.69 Å². The van der Waals surface area contributed by atoms with Crippen LogP contribution in [0.25, 0.3) is 0 Å². The SMILES string of the molecule is O=c1nc(F)c(F)c(F)[nH]1. The van der Waals surface area contributed by atoms with Crippen molar-refractivity contribution >= 4 is 0 Å². The Morgan fingerprint density at radius 2 is 1.90 bits per heavy atom. The monoisotopic (exact) mass is 150 g/mol. The number of aromatic amines is 1. The van der Waals surface area contributed by atoms with Crippen molar-refractivity contribution < 1.29 is 13.2 Å². The molecule has 3 nitrogen and oxygen atoms in total. The van der Waals surface area contributed by atoms with Crippen molar-refractivity contribution in [2.24, 2.45) is 0 Å². The maximum absolute atomic E-state index is 11.9. The predicted molar refractivity (Wildman–Crippen MR) is 24.7 cm³/mol. The molecule has 1 aromatic heterocycles. The van der Waals surface area contributed by atoms with Gasteiger partial charge in [0, 0.05) is 0 Å². The minimum atomic E-state index is -1.78. The summed E-state index contributed by atoms with van der Waals surface area (Å²) in [6.45, 7) is 0. The number of nitrogens with one attached hydrogen (secondary N) is 1. The van der Waals surface area contributed by atoms with E-state index in [0.29, 0.717) is 0 Å². The largest absolute Gasteiger partial charge is 0.349 e. The van der Waals surface area contributed by atoms with Gasteiger partial charge in [0.15, 0.2) is 0 Å². The highest BCUT2D eigenvalue weighted by Crippen LogP contribution is 2.00. The maximum Gasteiger partial charge on any atom is 0.349 e. The Labute approximate surface area is 52.5 Å². The summed E-state index contributed by atoms with van der Waals surface area (Å²) >= 11 is 0. The van der Waals surface area contributed by atoms with Crippen molar-refractivity contribution in [3.05, 3.63) is 28.2 Å². The third-order valence-electron chi connectivity index (χ3n) is 0.790. The molecule has 1 N–H and O–H groups in total. The van der Waals surface area contributed by atoms with Gasteiger partial charge in [-0.15, -0.1) is 0 Å². The van der Waals surface area contributed by atoms with E-state index >= 15 is 0 Å². The van der Waals surface area contributed by atoms with Crippen molar-refractivity contribution in [3.8, 4) is 0 Å². The Kier molecular flexibility index (Phi) is 1.44. The van der Waals surface area contributed by atoms with E-state index in [2.05, 4.69) is 4.98 Å². The van der Waals surface area contributed by atoms with Gasteiger partial charge in [-0.3, -0.25) is 4.98 Å². The zero-order valence-corrected chi connectivity index (χ0v) is 4.49. The fourth-order valence-electron chi connectivity index (χ4n) is 0.405. The molecule has 1 heterocycles. The Morgan fingerprint density at radius 3 is 2.40 bits per heavy atom. The average Bonchev–Trinajstić information content (AvgIpc) is 1.82. The van der Waals surface area contributed by atoms with Crippen molar-refractivity contribution in [2.75, 3.05) is 0 Å². The molecule has 0 spiro atoms. The van der Waals surface area contributed by atoms with Crippen LogP contribution in [0, 0.1) is 17.7 Å². The Bertz CT molecular complexity index is 282. The highest BCUT2D eigenvalue weighted by Gasteiger charge is 2.09. The van der Waals surface area contributed by atoms with Crippen LogP contribution in [0.4, 0.5) is 13.2 Å². The van der Waals surface area contributed by atoms with Crippen molar-refractivity contribution in [1.82, 2.24) is 9.97 Å². The summed E-state index contributed by atoms with van der Waals surface area (Å²) in [5.74, 6) is -5.15. The fourth-order valence-corrected chi connectivity index (χ4v) is 0.405. The topological polar surface area (TPSA) is 45.8 Å². The second-order valence-corrected chi connectivity index (χ2v) is 1.46. The summed E-state index contributed by atoms with van der Waals surface area (Å²) < 4.78 is 35.8. The first kappa shape index (κ1) is 6.79. The number of nitrogens with zero attached hydrogens (tertiary/aromatic N) is 1. The summed E-state index contributed by atoms with van der Waals surface area (Å²) in [4.78, 5) is 13.8. The molecule has 0 amide bonds. The molecule has 6 heteroatoms. The molecule has 0 saturated carbocycles. The molecule has 0 aliphatic carbocycles. The van der Waals surface area contributed by atoms with Gasteiger partial charge in [0.05, 0.1) is 0 Å². The van der Waals surface area contributed by atoms with E-state index in [4.69, 9.17) is 0 Å². The number of hydrogen-bond acceptors (Lipinski definition) is 2. The van der Waals surface area contributed by atoms with Crippen molar-refractivity contribution in [2.45, 2.75) is 0 Å². The lowest BCUT2D eigenvalue weighted by molar-refractivity contribution is 0.401. The van der Waals surface area contributed by atoms with Gasteiger partial charge in [0.2, 0.25) is 11.8 Å². The number of halogens is 3. The van der Waals surface area contributed by atoms with Gasteiger partial charge in [-0.2, -0.15) is 18.2 Å². The zero-order chi connectivity index (χ0) is 7.72. The summed E-state index contributed by atoms with van der Waals surface area (Å²) in [5, 5.41) is 0. The number of H-pyrrole nitrogens is 1. The standard InChI is InChI=1S/C4HF3N2O/c5-1-2(6)8-4(10)9-3(1)7/h(H,8,9,10). The van der Waals surface area contributed by atoms with E-state index in [-0.39, 0.29) is 0 Å². The Hall–Kier alpha value is -1.33. The fraction of sp³-hybridized carbons (Fsp3) is 0. The molecule has 0 saturated heterocycles. The highest BCUT2D eigenvalue weighted by molar-refractivity contribution is 4.89. The first-order valence-electron chi connectivity index (χ1n) is 2.22. The van der Waals surface area contributed by atoms with Crippen LogP contribution in [0.3, 0.4) is 0 Å². The van der Waals surface area contributed by atoms with Crippen LogP contribution >= 0.6 is 0 Å². The third kappa shape index (κ3) is 0.996. The first-order valence-corrected chi connectivity index (χ1v) is 2.22. The normalized spacial score (nSPS) is 9.90. The first-order chi connectivity index (χ1) is 4.61. The van der Waals surface area contributed by atoms with Crippen LogP contribution in [0.2, 0.25) is 0 Å². The van der Waals surface area contributed by atoms with Gasteiger partial charge < -0.3 is 0 Å². The minimum Gasteiger partial charge on any atom is -0.279 e. The molecule has 1 rings (SSSR count). The van der Waals surface area contributed by atoms with Crippen LogP contribution in [-0.4, -0.2) is 9.97 Å². The van der Waals surface area contributed by atoms with Gasteiger partial charge in [-0.1, -0.05) is 0 Å². The van der Waals surface area contributed by atoms with E-state index in [1.54, 1.807) is 0 Å². The van der Waals surface area contributed by atoms with E-state index in [0.717, 1.165) is 0 Å². The third-order valence-corrected chi connectivity index (χ3v) is 0.790. The Balaban J connectivity index is 3.46. The lowest BCUT2D eigenvalue weighted by atomic mass is 10.6. The molecule has 0 aromatic carbocycles. The molecule has 0 radical (unpaired) electrons. The van der Waals surface area contributed by atoms with Crippen LogP contribution in [0.5, 0.6) is 0 Å². The lowest BCUT2D eigenvalue weighted by Gasteiger charge is -1.89. The molecule has 54 valence electrons. The summed E-state index contributed by atoms with van der Waals surface area (Å²) in [6, 6.07) is 0. The van der Waals surface area contributed by atoms with E-state index in [9.17, 15) is 18.0 Å². The molecule has 10 heavy (non-hydrogen) atoms. The number of rotatable bonds is 0. The molecular formula is C4HF3N2O. The quantitative estimate of drug-likeness (QED) is 0.536. The lowest BCUT2D eigenvalue weighted by Crippen LogP contribution is -2.16. The van der Waals surface area contributed by atoms with Gasteiger partial charge in [-0.25, -0.2) is 4.79 Å². The van der Waals surface area contributed by atoms with Crippen LogP contribution in [0.1, 0.15) is 0 Å². The van der Waals surface area contributed by atoms with E-state index < -0.39 is 23.4 Å². The highest BCUT2D eigenvalue weighted by atomic mass is 19.2. The van der Waals surface area contributed by atoms with Crippen LogP contribution in [0.15, 0.2) is 4.79 Å². The zero-order valence-electron chi connectivity index (χ0n) is 4.49. The van der Waals surface area contributed by atoms with E-state index in [1.807, 2.05) is 0 Å². The van der Waals surface area contributed by atoms with Gasteiger partial charge in [0.1, 0.15) is 0 Å². The summed E-state index contributed by atoms with van der Waals surface area (Å²) in [7, 11) is 0. The second kappa shape index (κ2) is 2.13. The van der Waals surface area contributed by atoms with Gasteiger partial charge in [0.25, 0.3) is 5.95 Å². The molecule has 0 bridgehead atoms. The number of aromatic nitrogens is 2. The number of hydrogen-bond donors (Lipinski definition) is 1.